The van der Waals surface area contributed by atoms with Crippen LogP contribution in [0.5, 0.6) is 0 Å². The Morgan fingerprint density at radius 2 is 2.44 bits per heavy atom. The lowest BCUT2D eigenvalue weighted by Crippen LogP contribution is -2.20. The van der Waals surface area contributed by atoms with E-state index in [4.69, 9.17) is 4.42 Å². The van der Waals surface area contributed by atoms with E-state index in [1.54, 1.807) is 17.6 Å². The molecule has 0 saturated heterocycles. The van der Waals surface area contributed by atoms with Crippen molar-refractivity contribution in [3.05, 3.63) is 40.2 Å². The molecule has 2 rings (SSSR count). The Kier molecular flexibility index (Phi) is 3.74. The van der Waals surface area contributed by atoms with Gasteiger partial charge < -0.3 is 9.73 Å². The van der Waals surface area contributed by atoms with E-state index in [0.717, 1.165) is 23.7 Å². The van der Waals surface area contributed by atoms with E-state index < -0.39 is 0 Å². The van der Waals surface area contributed by atoms with Crippen molar-refractivity contribution in [3.63, 3.8) is 0 Å². The maximum absolute atomic E-state index is 5.40. The smallest absolute Gasteiger partial charge is 0.120 e. The van der Waals surface area contributed by atoms with E-state index in [-0.39, 0.29) is 0 Å². The number of rotatable bonds is 5. The Balaban J connectivity index is 1.96. The molecule has 3 nitrogen and oxygen atoms in total. The van der Waals surface area contributed by atoms with Crippen LogP contribution in [-0.4, -0.2) is 4.98 Å². The van der Waals surface area contributed by atoms with Crippen LogP contribution in [0, 0.1) is 6.92 Å². The molecule has 86 valence electrons. The van der Waals surface area contributed by atoms with Crippen molar-refractivity contribution in [2.45, 2.75) is 32.9 Å². The molecule has 0 spiro atoms. The molecule has 2 aromatic rings. The van der Waals surface area contributed by atoms with Crippen LogP contribution in [0.15, 0.2) is 28.3 Å². The van der Waals surface area contributed by atoms with Gasteiger partial charge in [0.15, 0.2) is 0 Å². The van der Waals surface area contributed by atoms with E-state index >= 15 is 0 Å². The number of furan rings is 1. The highest BCUT2D eigenvalue weighted by atomic mass is 32.1. The molecule has 2 heterocycles. The van der Waals surface area contributed by atoms with E-state index in [1.807, 2.05) is 17.6 Å². The van der Waals surface area contributed by atoms with Crippen molar-refractivity contribution < 1.29 is 4.42 Å². The number of aromatic nitrogens is 1. The lowest BCUT2D eigenvalue weighted by atomic mass is 10.2. The maximum Gasteiger partial charge on any atom is 0.120 e. The molecule has 4 heteroatoms. The average molecular weight is 236 g/mol. The summed E-state index contributed by atoms with van der Waals surface area (Å²) in [7, 11) is 0. The largest absolute Gasteiger partial charge is 0.468 e. The first-order valence-electron chi connectivity index (χ1n) is 5.47. The minimum Gasteiger partial charge on any atom is -0.468 e. The number of hydrogen-bond acceptors (Lipinski definition) is 4. The summed E-state index contributed by atoms with van der Waals surface area (Å²) in [5, 5.41) is 6.63. The molecule has 0 bridgehead atoms. The first kappa shape index (κ1) is 11.4. The summed E-state index contributed by atoms with van der Waals surface area (Å²) in [4.78, 5) is 4.34. The Bertz CT molecular complexity index is 422. The summed E-state index contributed by atoms with van der Waals surface area (Å²) in [5.41, 5.74) is 1.20. The lowest BCUT2D eigenvalue weighted by molar-refractivity contribution is 0.440. The van der Waals surface area contributed by atoms with Gasteiger partial charge in [0.1, 0.15) is 10.8 Å². The Labute approximate surface area is 99.5 Å². The number of nitrogens with zero attached hydrogens (tertiary/aromatic N) is 1. The van der Waals surface area contributed by atoms with Crippen molar-refractivity contribution in [2.75, 3.05) is 0 Å². The van der Waals surface area contributed by atoms with Crippen LogP contribution in [-0.2, 0) is 6.54 Å². The fourth-order valence-electron chi connectivity index (χ4n) is 1.61. The van der Waals surface area contributed by atoms with E-state index in [0.29, 0.717) is 6.04 Å². The lowest BCUT2D eigenvalue weighted by Gasteiger charge is -2.13. The maximum atomic E-state index is 5.40. The molecule has 16 heavy (non-hydrogen) atoms. The van der Waals surface area contributed by atoms with Gasteiger partial charge in [-0.2, -0.15) is 0 Å². The summed E-state index contributed by atoms with van der Waals surface area (Å²) < 4.78 is 5.40. The molecular formula is C12H16N2OS. The molecule has 0 amide bonds. The van der Waals surface area contributed by atoms with Crippen LogP contribution >= 0.6 is 11.3 Å². The third-order valence-corrected chi connectivity index (χ3v) is 3.52. The van der Waals surface area contributed by atoms with Crippen molar-refractivity contribution in [1.29, 1.82) is 0 Å². The molecule has 0 fully saturated rings. The van der Waals surface area contributed by atoms with Crippen molar-refractivity contribution in [3.8, 4) is 0 Å². The molecular weight excluding hydrogens is 220 g/mol. The molecule has 0 aliphatic rings. The van der Waals surface area contributed by atoms with Crippen molar-refractivity contribution >= 4 is 11.3 Å². The summed E-state index contributed by atoms with van der Waals surface area (Å²) in [5.74, 6) is 1.01. The van der Waals surface area contributed by atoms with Gasteiger partial charge in [0.05, 0.1) is 18.8 Å². The second-order valence-electron chi connectivity index (χ2n) is 3.74. The molecule has 0 aliphatic heterocycles. The fourth-order valence-corrected chi connectivity index (χ4v) is 2.41. The molecule has 0 aliphatic carbocycles. The zero-order chi connectivity index (χ0) is 11.4. The van der Waals surface area contributed by atoms with Crippen LogP contribution in [0.3, 0.4) is 0 Å². The third kappa shape index (κ3) is 2.51. The summed E-state index contributed by atoms with van der Waals surface area (Å²) >= 11 is 1.69. The Morgan fingerprint density at radius 1 is 1.56 bits per heavy atom. The molecule has 2 aromatic heterocycles. The van der Waals surface area contributed by atoms with Gasteiger partial charge in [0.25, 0.3) is 0 Å². The topological polar surface area (TPSA) is 38.1 Å². The minimum atomic E-state index is 0.324. The first-order chi connectivity index (χ1) is 7.81. The zero-order valence-corrected chi connectivity index (χ0v) is 10.4. The van der Waals surface area contributed by atoms with Gasteiger partial charge in [-0.3, -0.25) is 0 Å². The molecule has 0 saturated carbocycles. The zero-order valence-electron chi connectivity index (χ0n) is 9.56. The second-order valence-corrected chi connectivity index (χ2v) is 4.67. The third-order valence-electron chi connectivity index (χ3n) is 2.63. The van der Waals surface area contributed by atoms with Crippen LogP contribution in [0.1, 0.15) is 35.7 Å². The highest BCUT2D eigenvalue weighted by molar-refractivity contribution is 7.09. The summed E-state index contributed by atoms with van der Waals surface area (Å²) in [6, 6.07) is 2.31. The second kappa shape index (κ2) is 5.27. The van der Waals surface area contributed by atoms with E-state index in [2.05, 4.69) is 24.1 Å². The SMILES string of the molecule is CCC(NCc1occc1C)c1nccs1. The highest BCUT2D eigenvalue weighted by Gasteiger charge is 2.12. The van der Waals surface area contributed by atoms with Crippen LogP contribution in [0.2, 0.25) is 0 Å². The molecule has 0 aromatic carbocycles. The quantitative estimate of drug-likeness (QED) is 0.865. The van der Waals surface area contributed by atoms with Crippen LogP contribution < -0.4 is 5.32 Å². The number of nitrogens with one attached hydrogen (secondary N) is 1. The highest BCUT2D eigenvalue weighted by Crippen LogP contribution is 2.19. The van der Waals surface area contributed by atoms with Crippen LogP contribution in [0.25, 0.3) is 0 Å². The number of aryl methyl sites for hydroxylation is 1. The fraction of sp³-hybridized carbons (Fsp3) is 0.417. The van der Waals surface area contributed by atoms with Crippen molar-refractivity contribution in [2.24, 2.45) is 0 Å². The monoisotopic (exact) mass is 236 g/mol. The van der Waals surface area contributed by atoms with Gasteiger partial charge in [-0.25, -0.2) is 4.98 Å². The Morgan fingerprint density at radius 3 is 3.00 bits per heavy atom. The average Bonchev–Trinajstić information content (AvgIpc) is 2.92. The van der Waals surface area contributed by atoms with Crippen LogP contribution in [0.4, 0.5) is 0 Å². The summed E-state index contributed by atoms with van der Waals surface area (Å²) in [6.07, 6.45) is 4.62. The predicted molar refractivity (Wildman–Crippen MR) is 65.4 cm³/mol. The van der Waals surface area contributed by atoms with Gasteiger partial charge >= 0.3 is 0 Å². The van der Waals surface area contributed by atoms with Gasteiger partial charge in [-0.1, -0.05) is 6.92 Å². The normalized spacial score (nSPS) is 12.9. The van der Waals surface area contributed by atoms with Gasteiger partial charge in [0, 0.05) is 11.6 Å². The van der Waals surface area contributed by atoms with Crippen molar-refractivity contribution in [1.82, 2.24) is 10.3 Å². The first-order valence-corrected chi connectivity index (χ1v) is 6.35. The molecule has 1 unspecified atom stereocenters. The molecule has 1 atom stereocenters. The van der Waals surface area contributed by atoms with E-state index in [9.17, 15) is 0 Å². The van der Waals surface area contributed by atoms with Gasteiger partial charge in [-0.15, -0.1) is 11.3 Å². The van der Waals surface area contributed by atoms with E-state index in [1.165, 1.54) is 5.56 Å². The van der Waals surface area contributed by atoms with Gasteiger partial charge in [-0.05, 0) is 25.0 Å². The predicted octanol–water partition coefficient (Wildman–Crippen LogP) is 3.29. The summed E-state index contributed by atoms with van der Waals surface area (Å²) in [6.45, 7) is 4.98. The van der Waals surface area contributed by atoms with Gasteiger partial charge in [0.2, 0.25) is 0 Å². The molecule has 1 N–H and O–H groups in total. The number of hydrogen-bond donors (Lipinski definition) is 1. The molecule has 0 radical (unpaired) electrons. The standard InChI is InChI=1S/C12H16N2OS/c1-3-10(12-13-5-7-16-12)14-8-11-9(2)4-6-15-11/h4-7,10,14H,3,8H2,1-2H3. The Hall–Kier alpha value is -1.13. The minimum absolute atomic E-state index is 0.324. The number of thiazole rings is 1.